The van der Waals surface area contributed by atoms with Crippen LogP contribution in [0.3, 0.4) is 0 Å². The molecular formula is C19H14BrN3O6. The molecule has 2 N–H and O–H groups in total. The number of nitro groups is 1. The van der Waals surface area contributed by atoms with Gasteiger partial charge < -0.3 is 19.7 Å². The number of rotatable bonds is 7. The van der Waals surface area contributed by atoms with E-state index in [0.29, 0.717) is 17.1 Å². The minimum atomic E-state index is -0.845. The van der Waals surface area contributed by atoms with Gasteiger partial charge in [-0.3, -0.25) is 10.1 Å². The Kier molecular flexibility index (Phi) is 6.25. The van der Waals surface area contributed by atoms with E-state index < -0.39 is 10.9 Å². The third-order valence-corrected chi connectivity index (χ3v) is 4.33. The van der Waals surface area contributed by atoms with E-state index >= 15 is 0 Å². The topological polar surface area (TPSA) is 130 Å². The molecule has 0 aliphatic heterocycles. The summed E-state index contributed by atoms with van der Waals surface area (Å²) in [5, 5.41) is 14.2. The molecule has 2 aromatic carbocycles. The predicted molar refractivity (Wildman–Crippen MR) is 106 cm³/mol. The number of carbonyl (C=O) groups excluding carboxylic acids is 1. The smallest absolute Gasteiger partial charge is 0.400 e. The fraction of sp³-hybridized carbons (Fsp3) is 0.0526. The van der Waals surface area contributed by atoms with Crippen LogP contribution in [-0.2, 0) is 11.4 Å². The first-order valence-electron chi connectivity index (χ1n) is 8.19. The highest BCUT2D eigenvalue weighted by Gasteiger charge is 2.14. The van der Waals surface area contributed by atoms with Crippen molar-refractivity contribution in [1.29, 1.82) is 0 Å². The van der Waals surface area contributed by atoms with Crippen molar-refractivity contribution in [2.24, 2.45) is 10.9 Å². The number of ether oxygens (including phenoxy) is 1. The Morgan fingerprint density at radius 2 is 1.86 bits per heavy atom. The summed E-state index contributed by atoms with van der Waals surface area (Å²) >= 11 is 3.37. The van der Waals surface area contributed by atoms with Crippen molar-refractivity contribution >= 4 is 33.4 Å². The molecule has 29 heavy (non-hydrogen) atoms. The SMILES string of the molecule is N/C(=N\OC(=O)c1ccc(COc2ccccc2Br)o1)c1ccc([N+](=O)[O-])cc1. The number of nitrogens with zero attached hydrogens (tertiary/aromatic N) is 2. The van der Waals surface area contributed by atoms with Gasteiger partial charge in [0.25, 0.3) is 5.69 Å². The molecule has 148 valence electrons. The summed E-state index contributed by atoms with van der Waals surface area (Å²) in [6.45, 7) is 0.115. The van der Waals surface area contributed by atoms with Gasteiger partial charge in [0.05, 0.1) is 9.40 Å². The van der Waals surface area contributed by atoms with E-state index in [1.165, 1.54) is 30.3 Å². The van der Waals surface area contributed by atoms with Crippen molar-refractivity contribution in [2.75, 3.05) is 0 Å². The van der Waals surface area contributed by atoms with Crippen LogP contribution in [0.4, 0.5) is 5.69 Å². The van der Waals surface area contributed by atoms with E-state index in [2.05, 4.69) is 21.1 Å². The van der Waals surface area contributed by atoms with Gasteiger partial charge in [0, 0.05) is 17.7 Å². The number of nitro benzene ring substituents is 1. The molecule has 0 atom stereocenters. The lowest BCUT2D eigenvalue weighted by Crippen LogP contribution is -2.15. The maximum Gasteiger partial charge on any atom is 0.400 e. The highest BCUT2D eigenvalue weighted by Crippen LogP contribution is 2.25. The second-order valence-electron chi connectivity index (χ2n) is 5.64. The number of furan rings is 1. The van der Waals surface area contributed by atoms with Crippen LogP contribution in [-0.4, -0.2) is 16.7 Å². The van der Waals surface area contributed by atoms with E-state index in [0.717, 1.165) is 4.47 Å². The molecule has 10 heteroatoms. The number of amidine groups is 1. The molecule has 0 aliphatic rings. The molecule has 1 aromatic heterocycles. The van der Waals surface area contributed by atoms with Crippen molar-refractivity contribution in [1.82, 2.24) is 0 Å². The third kappa shape index (κ3) is 5.20. The second kappa shape index (κ2) is 9.02. The summed E-state index contributed by atoms with van der Waals surface area (Å²) in [5.74, 6) is 0.0174. The zero-order chi connectivity index (χ0) is 20.8. The molecule has 0 bridgehead atoms. The van der Waals surface area contributed by atoms with E-state index in [4.69, 9.17) is 19.7 Å². The quantitative estimate of drug-likeness (QED) is 0.185. The maximum atomic E-state index is 12.0. The van der Waals surface area contributed by atoms with E-state index in [1.54, 1.807) is 12.1 Å². The van der Waals surface area contributed by atoms with E-state index in [1.807, 2.05) is 18.2 Å². The summed E-state index contributed by atoms with van der Waals surface area (Å²) in [7, 11) is 0. The highest BCUT2D eigenvalue weighted by molar-refractivity contribution is 9.10. The summed E-state index contributed by atoms with van der Waals surface area (Å²) in [6.07, 6.45) is 0. The van der Waals surface area contributed by atoms with Crippen molar-refractivity contribution in [3.63, 3.8) is 0 Å². The molecule has 0 saturated carbocycles. The van der Waals surface area contributed by atoms with E-state index in [-0.39, 0.29) is 23.9 Å². The van der Waals surface area contributed by atoms with Gasteiger partial charge in [0.2, 0.25) is 5.76 Å². The Bertz CT molecular complexity index is 1060. The van der Waals surface area contributed by atoms with Crippen LogP contribution >= 0.6 is 15.9 Å². The molecule has 0 aliphatic carbocycles. The first kappa shape index (κ1) is 20.1. The lowest BCUT2D eigenvalue weighted by molar-refractivity contribution is -0.384. The molecule has 3 aromatic rings. The maximum absolute atomic E-state index is 12.0. The Balaban J connectivity index is 1.58. The van der Waals surface area contributed by atoms with E-state index in [9.17, 15) is 14.9 Å². The number of para-hydroxylation sites is 1. The molecule has 3 rings (SSSR count). The standard InChI is InChI=1S/C19H14BrN3O6/c20-15-3-1-2-4-16(15)27-11-14-9-10-17(28-14)19(24)29-22-18(21)12-5-7-13(8-6-12)23(25)26/h1-10H,11H2,(H2,21,22). The predicted octanol–water partition coefficient (Wildman–Crippen LogP) is 4.01. The van der Waals surface area contributed by atoms with Gasteiger partial charge in [-0.05, 0) is 52.3 Å². The number of hydrogen-bond donors (Lipinski definition) is 1. The number of benzene rings is 2. The average Bonchev–Trinajstić information content (AvgIpc) is 3.20. The molecule has 0 unspecified atom stereocenters. The van der Waals surface area contributed by atoms with Crippen LogP contribution in [0.5, 0.6) is 5.75 Å². The normalized spacial score (nSPS) is 11.1. The largest absolute Gasteiger partial charge is 0.484 e. The van der Waals surface area contributed by atoms with Crippen LogP contribution < -0.4 is 10.5 Å². The minimum absolute atomic E-state index is 0.0732. The number of nitrogens with two attached hydrogens (primary N) is 1. The third-order valence-electron chi connectivity index (χ3n) is 3.67. The summed E-state index contributed by atoms with van der Waals surface area (Å²) in [5.41, 5.74) is 6.00. The zero-order valence-electron chi connectivity index (χ0n) is 14.8. The number of hydrogen-bond acceptors (Lipinski definition) is 7. The Labute approximate surface area is 173 Å². The summed E-state index contributed by atoms with van der Waals surface area (Å²) in [4.78, 5) is 26.9. The van der Waals surface area contributed by atoms with Crippen molar-refractivity contribution in [2.45, 2.75) is 6.61 Å². The van der Waals surface area contributed by atoms with Gasteiger partial charge >= 0.3 is 5.97 Å². The molecule has 9 nitrogen and oxygen atoms in total. The lowest BCUT2D eigenvalue weighted by Gasteiger charge is -2.05. The Morgan fingerprint density at radius 3 is 2.55 bits per heavy atom. The molecule has 0 spiro atoms. The molecular weight excluding hydrogens is 446 g/mol. The van der Waals surface area contributed by atoms with Gasteiger partial charge in [0.1, 0.15) is 18.1 Å². The van der Waals surface area contributed by atoms with Gasteiger partial charge in [-0.1, -0.05) is 17.3 Å². The number of non-ortho nitro benzene ring substituents is 1. The van der Waals surface area contributed by atoms with Crippen molar-refractivity contribution in [3.05, 3.63) is 92.3 Å². The lowest BCUT2D eigenvalue weighted by atomic mass is 10.2. The molecule has 0 radical (unpaired) electrons. The van der Waals surface area contributed by atoms with Crippen LogP contribution in [0.1, 0.15) is 21.9 Å². The first-order valence-corrected chi connectivity index (χ1v) is 8.99. The van der Waals surface area contributed by atoms with Crippen molar-refractivity contribution < 1.29 is 23.7 Å². The summed E-state index contributed by atoms with van der Waals surface area (Å²) in [6, 6.07) is 15.7. The number of carbonyl (C=O) groups is 1. The minimum Gasteiger partial charge on any atom is -0.484 e. The molecule has 0 amide bonds. The molecule has 1 heterocycles. The van der Waals surface area contributed by atoms with Crippen LogP contribution in [0.25, 0.3) is 0 Å². The Hall–Kier alpha value is -3.66. The zero-order valence-corrected chi connectivity index (χ0v) is 16.4. The van der Waals surface area contributed by atoms with Crippen molar-refractivity contribution in [3.8, 4) is 5.75 Å². The first-order chi connectivity index (χ1) is 13.9. The van der Waals surface area contributed by atoms with Crippen LogP contribution in [0.2, 0.25) is 0 Å². The molecule has 0 fully saturated rings. The highest BCUT2D eigenvalue weighted by atomic mass is 79.9. The van der Waals surface area contributed by atoms with Gasteiger partial charge in [-0.2, -0.15) is 0 Å². The number of halogens is 1. The van der Waals surface area contributed by atoms with Crippen LogP contribution in [0.15, 0.2) is 74.7 Å². The Morgan fingerprint density at radius 1 is 1.14 bits per heavy atom. The number of oxime groups is 1. The van der Waals surface area contributed by atoms with Gasteiger partial charge in [0.15, 0.2) is 5.84 Å². The fourth-order valence-corrected chi connectivity index (χ4v) is 2.62. The van der Waals surface area contributed by atoms with Gasteiger partial charge in [-0.15, -0.1) is 0 Å². The monoisotopic (exact) mass is 459 g/mol. The fourth-order valence-electron chi connectivity index (χ4n) is 2.22. The average molecular weight is 460 g/mol. The van der Waals surface area contributed by atoms with Gasteiger partial charge in [-0.25, -0.2) is 4.79 Å². The van der Waals surface area contributed by atoms with Crippen LogP contribution in [0, 0.1) is 10.1 Å². The second-order valence-corrected chi connectivity index (χ2v) is 6.50. The molecule has 0 saturated heterocycles. The summed E-state index contributed by atoms with van der Waals surface area (Å²) < 4.78 is 11.8.